The van der Waals surface area contributed by atoms with E-state index in [1.54, 1.807) is 0 Å². The van der Waals surface area contributed by atoms with Gasteiger partial charge in [-0.1, -0.05) is 48.5 Å². The summed E-state index contributed by atoms with van der Waals surface area (Å²) in [6, 6.07) is 16.3. The van der Waals surface area contributed by atoms with E-state index >= 15 is 0 Å². The Morgan fingerprint density at radius 3 is 2.29 bits per heavy atom. The van der Waals surface area contributed by atoms with Crippen LogP contribution in [0.4, 0.5) is 4.79 Å². The maximum absolute atomic E-state index is 12.6. The summed E-state index contributed by atoms with van der Waals surface area (Å²) >= 11 is 0. The lowest BCUT2D eigenvalue weighted by molar-refractivity contribution is -0.149. The van der Waals surface area contributed by atoms with Gasteiger partial charge >= 0.3 is 12.1 Å². The quantitative estimate of drug-likeness (QED) is 0.553. The standard InChI is InChI=1S/C26H28N2O6/c29-22(27-14-16-9-12-33-23(16)24(30)31)13-26(10-11-26)28-25(32)34-15-21-19-7-3-1-5-17(19)18-6-2-4-8-20(18)21/h1-8,16,21,23H,9-15H2,(H,27,29)(H,28,32)(H,30,31)/t16-,23-/m1/s1. The van der Waals surface area contributed by atoms with Crippen LogP contribution in [0.25, 0.3) is 11.1 Å². The molecular formula is C26H28N2O6. The Balaban J connectivity index is 1.13. The lowest BCUT2D eigenvalue weighted by Gasteiger charge is -2.20. The lowest BCUT2D eigenvalue weighted by atomic mass is 9.98. The second kappa shape index (κ2) is 9.10. The number of amides is 2. The number of carbonyl (C=O) groups is 3. The van der Waals surface area contributed by atoms with Crippen molar-refractivity contribution in [1.29, 1.82) is 0 Å². The van der Waals surface area contributed by atoms with Gasteiger partial charge in [-0.15, -0.1) is 0 Å². The molecule has 2 amide bonds. The molecule has 1 heterocycles. The van der Waals surface area contributed by atoms with Crippen molar-refractivity contribution in [2.24, 2.45) is 5.92 Å². The molecule has 0 radical (unpaired) electrons. The fourth-order valence-corrected chi connectivity index (χ4v) is 5.08. The van der Waals surface area contributed by atoms with Crippen LogP contribution in [0.3, 0.4) is 0 Å². The molecule has 5 rings (SSSR count). The van der Waals surface area contributed by atoms with E-state index in [-0.39, 0.29) is 37.3 Å². The lowest BCUT2D eigenvalue weighted by Crippen LogP contribution is -2.43. The highest BCUT2D eigenvalue weighted by Gasteiger charge is 2.46. The van der Waals surface area contributed by atoms with E-state index in [0.717, 1.165) is 11.1 Å². The summed E-state index contributed by atoms with van der Waals surface area (Å²) in [4.78, 5) is 36.3. The third kappa shape index (κ3) is 4.50. The Morgan fingerprint density at radius 2 is 1.68 bits per heavy atom. The first-order valence-electron chi connectivity index (χ1n) is 11.7. The number of alkyl carbamates (subject to hydrolysis) is 1. The zero-order valence-corrected chi connectivity index (χ0v) is 18.8. The van der Waals surface area contributed by atoms with Crippen molar-refractivity contribution in [2.75, 3.05) is 19.8 Å². The Kier molecular flexibility index (Phi) is 6.00. The van der Waals surface area contributed by atoms with Gasteiger partial charge in [0.25, 0.3) is 0 Å². The topological polar surface area (TPSA) is 114 Å². The SMILES string of the molecule is O=C(CC1(NC(=O)OCC2c3ccccc3-c3ccccc32)CC1)NC[C@H]1CCO[C@H]1C(=O)O. The van der Waals surface area contributed by atoms with Gasteiger partial charge in [-0.25, -0.2) is 9.59 Å². The van der Waals surface area contributed by atoms with Crippen molar-refractivity contribution in [3.63, 3.8) is 0 Å². The molecule has 0 bridgehead atoms. The Morgan fingerprint density at radius 1 is 1.03 bits per heavy atom. The normalized spacial score (nSPS) is 21.9. The van der Waals surface area contributed by atoms with Crippen LogP contribution in [0.1, 0.15) is 42.7 Å². The maximum Gasteiger partial charge on any atom is 0.407 e. The molecule has 8 heteroatoms. The summed E-state index contributed by atoms with van der Waals surface area (Å²) in [6.07, 6.45) is 0.739. The highest BCUT2D eigenvalue weighted by atomic mass is 16.5. The van der Waals surface area contributed by atoms with Gasteiger partial charge in [0.2, 0.25) is 5.91 Å². The third-order valence-electron chi connectivity index (χ3n) is 7.08. The van der Waals surface area contributed by atoms with E-state index in [0.29, 0.717) is 25.9 Å². The highest BCUT2D eigenvalue weighted by molar-refractivity contribution is 5.81. The molecule has 1 saturated carbocycles. The fraction of sp³-hybridized carbons (Fsp3) is 0.423. The summed E-state index contributed by atoms with van der Waals surface area (Å²) in [6.45, 7) is 0.849. The number of carboxylic acids is 1. The van der Waals surface area contributed by atoms with Crippen LogP contribution in [0.5, 0.6) is 0 Å². The molecule has 178 valence electrons. The van der Waals surface area contributed by atoms with Crippen molar-refractivity contribution in [2.45, 2.75) is 43.2 Å². The largest absolute Gasteiger partial charge is 0.479 e. The van der Waals surface area contributed by atoms with E-state index in [9.17, 15) is 19.5 Å². The molecule has 2 aromatic rings. The molecule has 2 fully saturated rings. The van der Waals surface area contributed by atoms with Crippen LogP contribution < -0.4 is 10.6 Å². The summed E-state index contributed by atoms with van der Waals surface area (Å²) < 4.78 is 10.8. The van der Waals surface area contributed by atoms with Crippen LogP contribution >= 0.6 is 0 Å². The van der Waals surface area contributed by atoms with Crippen LogP contribution in [-0.4, -0.2) is 54.5 Å². The molecule has 34 heavy (non-hydrogen) atoms. The predicted molar refractivity (Wildman–Crippen MR) is 123 cm³/mol. The molecule has 1 aliphatic heterocycles. The first-order chi connectivity index (χ1) is 16.5. The molecule has 2 aromatic carbocycles. The van der Waals surface area contributed by atoms with Gasteiger partial charge in [-0.3, -0.25) is 4.79 Å². The van der Waals surface area contributed by atoms with Crippen molar-refractivity contribution in [3.8, 4) is 11.1 Å². The summed E-state index contributed by atoms with van der Waals surface area (Å²) in [5.74, 6) is -1.49. The summed E-state index contributed by atoms with van der Waals surface area (Å²) in [5.41, 5.74) is 4.03. The zero-order chi connectivity index (χ0) is 23.7. The van der Waals surface area contributed by atoms with E-state index in [1.165, 1.54) is 11.1 Å². The minimum atomic E-state index is -1.01. The zero-order valence-electron chi connectivity index (χ0n) is 18.8. The van der Waals surface area contributed by atoms with Crippen molar-refractivity contribution in [1.82, 2.24) is 10.6 Å². The molecule has 8 nitrogen and oxygen atoms in total. The molecule has 0 unspecified atom stereocenters. The Labute approximate surface area is 197 Å². The van der Waals surface area contributed by atoms with Crippen LogP contribution in [-0.2, 0) is 19.1 Å². The fourth-order valence-electron chi connectivity index (χ4n) is 5.08. The van der Waals surface area contributed by atoms with Gasteiger partial charge in [-0.05, 0) is 41.5 Å². The molecule has 2 aliphatic carbocycles. The molecular weight excluding hydrogens is 436 g/mol. The Bertz CT molecular complexity index is 1070. The van der Waals surface area contributed by atoms with E-state index in [4.69, 9.17) is 9.47 Å². The molecule has 3 aliphatic rings. The second-order valence-electron chi connectivity index (χ2n) is 9.39. The average Bonchev–Trinajstić information content (AvgIpc) is 3.28. The monoisotopic (exact) mass is 464 g/mol. The van der Waals surface area contributed by atoms with E-state index in [2.05, 4.69) is 34.9 Å². The highest BCUT2D eigenvalue weighted by Crippen LogP contribution is 2.44. The third-order valence-corrected chi connectivity index (χ3v) is 7.08. The van der Waals surface area contributed by atoms with Crippen LogP contribution in [0, 0.1) is 5.92 Å². The van der Waals surface area contributed by atoms with Gasteiger partial charge in [-0.2, -0.15) is 0 Å². The number of hydrogen-bond donors (Lipinski definition) is 3. The van der Waals surface area contributed by atoms with Crippen molar-refractivity contribution >= 4 is 18.0 Å². The molecule has 3 N–H and O–H groups in total. The maximum atomic E-state index is 12.6. The number of aliphatic carboxylic acids is 1. The second-order valence-corrected chi connectivity index (χ2v) is 9.39. The number of carboxylic acid groups (broad SMARTS) is 1. The van der Waals surface area contributed by atoms with Crippen LogP contribution in [0.2, 0.25) is 0 Å². The van der Waals surface area contributed by atoms with E-state index < -0.39 is 23.7 Å². The number of hydrogen-bond acceptors (Lipinski definition) is 5. The average molecular weight is 465 g/mol. The predicted octanol–water partition coefficient (Wildman–Crippen LogP) is 3.05. The number of benzene rings is 2. The number of fused-ring (bicyclic) bond motifs is 3. The van der Waals surface area contributed by atoms with Gasteiger partial charge in [0.05, 0.1) is 5.54 Å². The van der Waals surface area contributed by atoms with Gasteiger partial charge < -0.3 is 25.2 Å². The van der Waals surface area contributed by atoms with Crippen molar-refractivity contribution in [3.05, 3.63) is 59.7 Å². The smallest absolute Gasteiger partial charge is 0.407 e. The van der Waals surface area contributed by atoms with Gasteiger partial charge in [0.15, 0.2) is 6.10 Å². The molecule has 2 atom stereocenters. The van der Waals surface area contributed by atoms with Gasteiger partial charge in [0.1, 0.15) is 6.61 Å². The summed E-state index contributed by atoms with van der Waals surface area (Å²) in [7, 11) is 0. The number of ether oxygens (including phenoxy) is 2. The molecule has 0 aromatic heterocycles. The van der Waals surface area contributed by atoms with Crippen LogP contribution in [0.15, 0.2) is 48.5 Å². The summed E-state index contributed by atoms with van der Waals surface area (Å²) in [5, 5.41) is 14.9. The number of rotatable bonds is 8. The minimum absolute atomic E-state index is 0.0209. The molecule has 1 saturated heterocycles. The first-order valence-corrected chi connectivity index (χ1v) is 11.7. The first kappa shape index (κ1) is 22.4. The number of nitrogens with one attached hydrogen (secondary N) is 2. The van der Waals surface area contributed by atoms with Crippen molar-refractivity contribution < 1.29 is 29.0 Å². The minimum Gasteiger partial charge on any atom is -0.479 e. The molecule has 0 spiro atoms. The van der Waals surface area contributed by atoms with Gasteiger partial charge in [0, 0.05) is 31.4 Å². The Hall–Kier alpha value is -3.39. The number of carbonyl (C=O) groups excluding carboxylic acids is 2. The van der Waals surface area contributed by atoms with E-state index in [1.807, 2.05) is 24.3 Å².